The van der Waals surface area contributed by atoms with Gasteiger partial charge in [-0.15, -0.1) is 12.4 Å². The van der Waals surface area contributed by atoms with E-state index in [1.54, 1.807) is 24.3 Å². The van der Waals surface area contributed by atoms with Crippen LogP contribution >= 0.6 is 12.4 Å². The largest absolute Gasteiger partial charge is 0.380 e. The lowest BCUT2D eigenvalue weighted by Gasteiger charge is -2.20. The number of urea groups is 1. The van der Waals surface area contributed by atoms with E-state index in [-0.39, 0.29) is 36.9 Å². The number of carbonyl (C=O) groups excluding carboxylic acids is 2. The number of ether oxygens (including phenoxy) is 1. The van der Waals surface area contributed by atoms with Crippen molar-refractivity contribution in [3.63, 3.8) is 0 Å². The first-order valence-electron chi connectivity index (χ1n) is 8.81. The minimum atomic E-state index is -0.285. The fraction of sp³-hybridized carbons (Fsp3) is 0.556. The smallest absolute Gasteiger partial charge is 0.321 e. The van der Waals surface area contributed by atoms with E-state index >= 15 is 0 Å². The summed E-state index contributed by atoms with van der Waals surface area (Å²) in [6, 6.07) is 7.02. The van der Waals surface area contributed by atoms with Crippen LogP contribution in [0.4, 0.5) is 16.2 Å². The highest BCUT2D eigenvalue weighted by molar-refractivity contribution is 5.92. The molecule has 1 fully saturated rings. The van der Waals surface area contributed by atoms with Crippen molar-refractivity contribution < 1.29 is 14.3 Å². The molecule has 1 aromatic rings. The van der Waals surface area contributed by atoms with Gasteiger partial charge in [0.05, 0.1) is 12.5 Å². The molecule has 0 saturated carbocycles. The van der Waals surface area contributed by atoms with Crippen LogP contribution in [-0.2, 0) is 9.53 Å². The van der Waals surface area contributed by atoms with Gasteiger partial charge in [0.2, 0.25) is 5.91 Å². The van der Waals surface area contributed by atoms with Crippen molar-refractivity contribution in [2.45, 2.75) is 38.2 Å². The van der Waals surface area contributed by atoms with Gasteiger partial charge in [0, 0.05) is 38.1 Å². The van der Waals surface area contributed by atoms with Crippen molar-refractivity contribution >= 4 is 35.7 Å². The SMILES string of the molecule is COC(CN)CC(=O)Nc1ccc(NC(=O)N2CCCCCC2)cc1.Cl. The van der Waals surface area contributed by atoms with Gasteiger partial charge in [0.15, 0.2) is 0 Å². The molecule has 0 aliphatic carbocycles. The Bertz CT molecular complexity index is 556. The molecule has 2 rings (SSSR count). The minimum Gasteiger partial charge on any atom is -0.380 e. The second-order valence-electron chi connectivity index (χ2n) is 6.25. The number of nitrogens with two attached hydrogens (primary N) is 1. The van der Waals surface area contributed by atoms with E-state index in [2.05, 4.69) is 10.6 Å². The summed E-state index contributed by atoms with van der Waals surface area (Å²) in [5.41, 5.74) is 6.90. The number of halogens is 1. The molecule has 4 N–H and O–H groups in total. The second-order valence-corrected chi connectivity index (χ2v) is 6.25. The number of hydrogen-bond donors (Lipinski definition) is 3. The molecule has 0 radical (unpaired) electrons. The monoisotopic (exact) mass is 384 g/mol. The molecule has 0 aromatic heterocycles. The van der Waals surface area contributed by atoms with E-state index in [4.69, 9.17) is 10.5 Å². The molecule has 7 nitrogen and oxygen atoms in total. The van der Waals surface area contributed by atoms with E-state index in [0.29, 0.717) is 17.9 Å². The highest BCUT2D eigenvalue weighted by Gasteiger charge is 2.15. The quantitative estimate of drug-likeness (QED) is 0.702. The van der Waals surface area contributed by atoms with Crippen LogP contribution in [0.3, 0.4) is 0 Å². The van der Waals surface area contributed by atoms with Gasteiger partial charge in [-0.2, -0.15) is 0 Å². The van der Waals surface area contributed by atoms with E-state index in [1.807, 2.05) is 4.90 Å². The number of hydrogen-bond acceptors (Lipinski definition) is 4. The van der Waals surface area contributed by atoms with Crippen LogP contribution < -0.4 is 16.4 Å². The molecule has 1 aliphatic rings. The third-order valence-electron chi connectivity index (χ3n) is 4.32. The average Bonchev–Trinajstić information content (AvgIpc) is 2.91. The van der Waals surface area contributed by atoms with Crippen molar-refractivity contribution in [3.05, 3.63) is 24.3 Å². The van der Waals surface area contributed by atoms with Crippen molar-refractivity contribution in [3.8, 4) is 0 Å². The molecule has 1 heterocycles. The molecule has 1 unspecified atom stereocenters. The van der Waals surface area contributed by atoms with Crippen molar-refractivity contribution in [1.82, 2.24) is 4.90 Å². The highest BCUT2D eigenvalue weighted by Crippen LogP contribution is 2.16. The number of methoxy groups -OCH3 is 1. The zero-order chi connectivity index (χ0) is 18.1. The van der Waals surface area contributed by atoms with Crippen LogP contribution in [0.5, 0.6) is 0 Å². The van der Waals surface area contributed by atoms with Gasteiger partial charge in [-0.05, 0) is 37.1 Å². The zero-order valence-corrected chi connectivity index (χ0v) is 16.0. The second kappa shape index (κ2) is 11.7. The number of nitrogens with zero attached hydrogens (tertiary/aromatic N) is 1. The number of benzene rings is 1. The third kappa shape index (κ3) is 7.19. The maximum Gasteiger partial charge on any atom is 0.321 e. The first-order chi connectivity index (χ1) is 12.1. The van der Waals surface area contributed by atoms with Crippen LogP contribution in [0, 0.1) is 0 Å². The Morgan fingerprint density at radius 1 is 1.08 bits per heavy atom. The predicted octanol–water partition coefficient (Wildman–Crippen LogP) is 2.82. The number of nitrogens with one attached hydrogen (secondary N) is 2. The van der Waals surface area contributed by atoms with Gasteiger partial charge < -0.3 is 26.0 Å². The van der Waals surface area contributed by atoms with Crippen molar-refractivity contribution in [2.75, 3.05) is 37.4 Å². The highest BCUT2D eigenvalue weighted by atomic mass is 35.5. The Morgan fingerprint density at radius 3 is 2.12 bits per heavy atom. The maximum absolute atomic E-state index is 12.3. The number of amides is 3. The Balaban J connectivity index is 0.00000338. The lowest BCUT2D eigenvalue weighted by molar-refractivity contribution is -0.118. The first kappa shape index (κ1) is 22.2. The lowest BCUT2D eigenvalue weighted by atomic mass is 10.2. The first-order valence-corrected chi connectivity index (χ1v) is 8.81. The third-order valence-corrected chi connectivity index (χ3v) is 4.32. The van der Waals surface area contributed by atoms with Crippen molar-refractivity contribution in [1.29, 1.82) is 0 Å². The summed E-state index contributed by atoms with van der Waals surface area (Å²) in [7, 11) is 1.53. The molecule has 1 aliphatic heterocycles. The number of likely N-dealkylation sites (tertiary alicyclic amines) is 1. The van der Waals surface area contributed by atoms with Crippen molar-refractivity contribution in [2.24, 2.45) is 5.73 Å². The summed E-state index contributed by atoms with van der Waals surface area (Å²) < 4.78 is 5.10. The average molecular weight is 385 g/mol. The van der Waals surface area contributed by atoms with Crippen LogP contribution in [0.15, 0.2) is 24.3 Å². The van der Waals surface area contributed by atoms with Crippen LogP contribution in [-0.4, -0.2) is 49.7 Å². The number of rotatable bonds is 6. The summed E-state index contributed by atoms with van der Waals surface area (Å²) in [5.74, 6) is -0.154. The fourth-order valence-corrected chi connectivity index (χ4v) is 2.79. The van der Waals surface area contributed by atoms with Crippen LogP contribution in [0.25, 0.3) is 0 Å². The standard InChI is InChI=1S/C18H28N4O3.ClH/c1-25-16(13-19)12-17(23)20-14-6-8-15(9-7-14)21-18(24)22-10-4-2-3-5-11-22;/h6-9,16H,2-5,10-13,19H2,1H3,(H,20,23)(H,21,24);1H. The van der Waals surface area contributed by atoms with Gasteiger partial charge in [-0.25, -0.2) is 4.79 Å². The molecule has 1 atom stereocenters. The van der Waals surface area contributed by atoms with E-state index < -0.39 is 0 Å². The summed E-state index contributed by atoms with van der Waals surface area (Å²) in [6.45, 7) is 1.91. The number of anilines is 2. The molecule has 26 heavy (non-hydrogen) atoms. The molecule has 8 heteroatoms. The Morgan fingerprint density at radius 2 is 1.62 bits per heavy atom. The van der Waals surface area contributed by atoms with Crippen LogP contribution in [0.1, 0.15) is 32.1 Å². The molecule has 1 aromatic carbocycles. The summed E-state index contributed by atoms with van der Waals surface area (Å²) in [4.78, 5) is 26.1. The zero-order valence-electron chi connectivity index (χ0n) is 15.2. The van der Waals surface area contributed by atoms with Crippen LogP contribution in [0.2, 0.25) is 0 Å². The Hall–Kier alpha value is -1.83. The Labute approximate surface area is 161 Å². The molecule has 0 bridgehead atoms. The van der Waals surface area contributed by atoms with Gasteiger partial charge in [-0.3, -0.25) is 4.79 Å². The molecule has 0 spiro atoms. The van der Waals surface area contributed by atoms with E-state index in [9.17, 15) is 9.59 Å². The number of carbonyl (C=O) groups is 2. The molecular weight excluding hydrogens is 356 g/mol. The minimum absolute atomic E-state index is 0. The molecule has 146 valence electrons. The predicted molar refractivity (Wildman–Crippen MR) is 106 cm³/mol. The lowest BCUT2D eigenvalue weighted by Crippen LogP contribution is -2.35. The summed E-state index contributed by atoms with van der Waals surface area (Å²) in [6.07, 6.45) is 4.42. The maximum atomic E-state index is 12.3. The molecule has 3 amide bonds. The normalized spacial score (nSPS) is 15.4. The fourth-order valence-electron chi connectivity index (χ4n) is 2.79. The van der Waals surface area contributed by atoms with Gasteiger partial charge in [-0.1, -0.05) is 12.8 Å². The van der Waals surface area contributed by atoms with E-state index in [0.717, 1.165) is 25.9 Å². The topological polar surface area (TPSA) is 96.7 Å². The molecule has 1 saturated heterocycles. The summed E-state index contributed by atoms with van der Waals surface area (Å²) >= 11 is 0. The van der Waals surface area contributed by atoms with Gasteiger partial charge >= 0.3 is 6.03 Å². The molecular formula is C18H29ClN4O3. The summed E-state index contributed by atoms with van der Waals surface area (Å²) in [5, 5.41) is 5.70. The Kier molecular flexibility index (Phi) is 10.0. The van der Waals surface area contributed by atoms with Gasteiger partial charge in [0.25, 0.3) is 0 Å². The van der Waals surface area contributed by atoms with Gasteiger partial charge in [0.1, 0.15) is 0 Å². The van der Waals surface area contributed by atoms with E-state index in [1.165, 1.54) is 20.0 Å².